The zero-order valence-electron chi connectivity index (χ0n) is 10.5. The first-order valence-corrected chi connectivity index (χ1v) is 8.28. The number of benzene rings is 1. The molecule has 1 nitrogen and oxygen atoms in total. The smallest absolute Gasteiger partial charge is 0.166 e. The van der Waals surface area contributed by atoms with E-state index >= 15 is 0 Å². The topological polar surface area (TPSA) is 4.10 Å². The summed E-state index contributed by atoms with van der Waals surface area (Å²) in [4.78, 5) is 0. The molecule has 0 atom stereocenters. The second kappa shape index (κ2) is 3.78. The van der Waals surface area contributed by atoms with E-state index in [-0.39, 0.29) is 0 Å². The minimum atomic E-state index is 1.31. The zero-order valence-corrected chi connectivity index (χ0v) is 12.2. The van der Waals surface area contributed by atoms with Gasteiger partial charge in [0.1, 0.15) is 0 Å². The van der Waals surface area contributed by atoms with Gasteiger partial charge in [-0.15, -0.1) is 22.7 Å². The SMILES string of the molecule is c1cc2c(ccc3cc[n+]4ccc5sccc5c4c32)s1. The predicted octanol–water partition coefficient (Wildman–Crippen LogP) is 5.01. The highest BCUT2D eigenvalue weighted by molar-refractivity contribution is 7.17. The van der Waals surface area contributed by atoms with Crippen molar-refractivity contribution < 1.29 is 4.40 Å². The Bertz CT molecular complexity index is 1010. The van der Waals surface area contributed by atoms with Gasteiger partial charge in [0.25, 0.3) is 0 Å². The Balaban J connectivity index is 2.23. The third-order valence-electron chi connectivity index (χ3n) is 3.91. The summed E-state index contributed by atoms with van der Waals surface area (Å²) in [6, 6.07) is 13.4. The van der Waals surface area contributed by atoms with Crippen molar-refractivity contribution in [1.29, 1.82) is 0 Å². The Morgan fingerprint density at radius 3 is 2.35 bits per heavy atom. The highest BCUT2D eigenvalue weighted by Gasteiger charge is 2.15. The maximum absolute atomic E-state index is 2.24. The predicted molar refractivity (Wildman–Crippen MR) is 87.9 cm³/mol. The van der Waals surface area contributed by atoms with Crippen LogP contribution in [0.25, 0.3) is 36.5 Å². The monoisotopic (exact) mass is 292 g/mol. The normalized spacial score (nSPS) is 12.0. The minimum absolute atomic E-state index is 1.31. The summed E-state index contributed by atoms with van der Waals surface area (Å²) in [5, 5.41) is 9.76. The van der Waals surface area contributed by atoms with E-state index in [0.29, 0.717) is 0 Å². The molecule has 0 radical (unpaired) electrons. The molecule has 0 amide bonds. The largest absolute Gasteiger partial charge is 0.227 e. The molecule has 4 heterocycles. The first kappa shape index (κ1) is 10.8. The lowest BCUT2D eigenvalue weighted by Crippen LogP contribution is -2.20. The number of rotatable bonds is 0. The lowest BCUT2D eigenvalue weighted by atomic mass is 10.1. The van der Waals surface area contributed by atoms with Crippen molar-refractivity contribution in [3.63, 3.8) is 0 Å². The van der Waals surface area contributed by atoms with Crippen LogP contribution in [0, 0.1) is 0 Å². The summed E-state index contributed by atoms with van der Waals surface area (Å²) >= 11 is 3.62. The van der Waals surface area contributed by atoms with E-state index in [9.17, 15) is 0 Å². The van der Waals surface area contributed by atoms with Crippen LogP contribution in [0.2, 0.25) is 0 Å². The quantitative estimate of drug-likeness (QED) is 0.279. The van der Waals surface area contributed by atoms with Crippen molar-refractivity contribution in [2.45, 2.75) is 0 Å². The Hall–Kier alpha value is -1.97. The molecule has 0 aliphatic rings. The molecule has 0 saturated heterocycles. The summed E-state index contributed by atoms with van der Waals surface area (Å²) in [7, 11) is 0. The van der Waals surface area contributed by atoms with E-state index in [1.54, 1.807) is 0 Å². The fourth-order valence-electron chi connectivity index (χ4n) is 3.02. The second-order valence-electron chi connectivity index (χ2n) is 4.95. The van der Waals surface area contributed by atoms with Gasteiger partial charge in [-0.2, -0.15) is 4.40 Å². The van der Waals surface area contributed by atoms with Crippen molar-refractivity contribution in [2.75, 3.05) is 0 Å². The molecule has 0 saturated carbocycles. The van der Waals surface area contributed by atoms with Crippen LogP contribution < -0.4 is 4.40 Å². The van der Waals surface area contributed by atoms with Gasteiger partial charge in [-0.1, -0.05) is 6.07 Å². The van der Waals surface area contributed by atoms with Gasteiger partial charge >= 0.3 is 0 Å². The summed E-state index contributed by atoms with van der Waals surface area (Å²) in [6.07, 6.45) is 4.33. The van der Waals surface area contributed by atoms with Crippen molar-refractivity contribution in [3.05, 3.63) is 59.6 Å². The van der Waals surface area contributed by atoms with Gasteiger partial charge in [-0.3, -0.25) is 0 Å². The highest BCUT2D eigenvalue weighted by Crippen LogP contribution is 2.34. The molecule has 0 fully saturated rings. The molecule has 20 heavy (non-hydrogen) atoms. The van der Waals surface area contributed by atoms with E-state index < -0.39 is 0 Å². The summed E-state index contributed by atoms with van der Waals surface area (Å²) < 4.78 is 4.96. The van der Waals surface area contributed by atoms with Gasteiger partial charge in [0.2, 0.25) is 5.52 Å². The summed E-state index contributed by atoms with van der Waals surface area (Å²) in [5.74, 6) is 0. The van der Waals surface area contributed by atoms with Crippen LogP contribution in [-0.2, 0) is 0 Å². The van der Waals surface area contributed by atoms with Gasteiger partial charge in [0.05, 0.1) is 10.8 Å². The molecule has 0 bridgehead atoms. The fraction of sp³-hybridized carbons (Fsp3) is 0. The van der Waals surface area contributed by atoms with Gasteiger partial charge in [-0.05, 0) is 34.3 Å². The van der Waals surface area contributed by atoms with Crippen LogP contribution in [0.4, 0.5) is 0 Å². The number of thiophene rings is 2. The molecule has 5 rings (SSSR count). The van der Waals surface area contributed by atoms with Crippen molar-refractivity contribution in [3.8, 4) is 0 Å². The molecule has 0 unspecified atom stereocenters. The van der Waals surface area contributed by atoms with Crippen LogP contribution >= 0.6 is 22.7 Å². The molecular weight excluding hydrogens is 282 g/mol. The maximum atomic E-state index is 2.24. The van der Waals surface area contributed by atoms with E-state index in [4.69, 9.17) is 0 Å². The summed E-state index contributed by atoms with van der Waals surface area (Å²) in [6.45, 7) is 0. The molecule has 1 aromatic carbocycles. The zero-order chi connectivity index (χ0) is 13.1. The number of nitrogens with zero attached hydrogens (tertiary/aromatic N) is 1. The van der Waals surface area contributed by atoms with E-state index in [0.717, 1.165) is 0 Å². The third-order valence-corrected chi connectivity index (χ3v) is 5.68. The molecule has 94 valence electrons. The van der Waals surface area contributed by atoms with E-state index in [2.05, 4.69) is 64.0 Å². The number of aromatic nitrogens is 1. The van der Waals surface area contributed by atoms with Crippen molar-refractivity contribution in [2.24, 2.45) is 0 Å². The minimum Gasteiger partial charge on any atom is -0.166 e. The van der Waals surface area contributed by atoms with Gasteiger partial charge < -0.3 is 0 Å². The standard InChI is InChI=1S/C17H10NS2/c1-2-14-12(5-9-19-14)16-11(1)3-7-18-8-4-15-13(17(16)18)6-10-20-15/h1-10H/q+1. The average molecular weight is 292 g/mol. The van der Waals surface area contributed by atoms with Gasteiger partial charge in [0, 0.05) is 26.9 Å². The van der Waals surface area contributed by atoms with E-state index in [1.165, 1.54) is 36.5 Å². The maximum Gasteiger partial charge on any atom is 0.227 e. The number of pyridine rings is 2. The van der Waals surface area contributed by atoms with Crippen LogP contribution in [0.1, 0.15) is 0 Å². The molecule has 3 heteroatoms. The molecule has 4 aromatic heterocycles. The second-order valence-corrected chi connectivity index (χ2v) is 6.84. The Kier molecular flexibility index (Phi) is 2.04. The average Bonchev–Trinajstić information content (AvgIpc) is 3.14. The van der Waals surface area contributed by atoms with Gasteiger partial charge in [0.15, 0.2) is 12.4 Å². The Labute approximate surface area is 123 Å². The highest BCUT2D eigenvalue weighted by atomic mass is 32.1. The van der Waals surface area contributed by atoms with Crippen molar-refractivity contribution in [1.82, 2.24) is 0 Å². The van der Waals surface area contributed by atoms with Crippen LogP contribution in [-0.4, -0.2) is 0 Å². The number of fused-ring (bicyclic) bond motifs is 7. The number of hydrogen-bond acceptors (Lipinski definition) is 2. The number of hydrogen-bond donors (Lipinski definition) is 0. The van der Waals surface area contributed by atoms with Gasteiger partial charge in [-0.25, -0.2) is 0 Å². The van der Waals surface area contributed by atoms with Crippen LogP contribution in [0.5, 0.6) is 0 Å². The first-order chi connectivity index (χ1) is 9.92. The lowest BCUT2D eigenvalue weighted by Gasteiger charge is -2.01. The summed E-state index contributed by atoms with van der Waals surface area (Å²) in [5.41, 5.74) is 1.32. The molecule has 0 N–H and O–H groups in total. The Morgan fingerprint density at radius 2 is 1.45 bits per heavy atom. The third kappa shape index (κ3) is 1.29. The molecule has 0 spiro atoms. The molecule has 0 aliphatic carbocycles. The molecule has 0 aliphatic heterocycles. The van der Waals surface area contributed by atoms with Crippen molar-refractivity contribution >= 4 is 59.1 Å². The molecule has 5 aromatic rings. The van der Waals surface area contributed by atoms with E-state index in [1.807, 2.05) is 22.7 Å². The molecular formula is C17H10NS2+. The van der Waals surface area contributed by atoms with Crippen LogP contribution in [0.3, 0.4) is 0 Å². The lowest BCUT2D eigenvalue weighted by molar-refractivity contribution is -0.509. The van der Waals surface area contributed by atoms with Crippen LogP contribution in [0.15, 0.2) is 59.6 Å². The first-order valence-electron chi connectivity index (χ1n) is 6.52. The Morgan fingerprint density at radius 1 is 0.700 bits per heavy atom. The fourth-order valence-corrected chi connectivity index (χ4v) is 4.60.